The van der Waals surface area contributed by atoms with E-state index in [4.69, 9.17) is 9.47 Å². The van der Waals surface area contributed by atoms with Crippen molar-refractivity contribution in [3.63, 3.8) is 0 Å². The zero-order chi connectivity index (χ0) is 15.9. The van der Waals surface area contributed by atoms with Crippen LogP contribution in [0.5, 0.6) is 11.5 Å². The molecule has 0 spiro atoms. The first kappa shape index (κ1) is 16.3. The predicted octanol–water partition coefficient (Wildman–Crippen LogP) is 4.75. The standard InChI is InChI=1S/C18H17BrO3/c1-3-22-18-10-8-15(19)11-14(18)7-9-17(20)13-5-4-6-16(12-13)21-2/h4-12H,3H2,1-2H3/b9-7+. The van der Waals surface area contributed by atoms with Crippen LogP contribution in [0.3, 0.4) is 0 Å². The lowest BCUT2D eigenvalue weighted by Crippen LogP contribution is -1.96. The third-order valence-electron chi connectivity index (χ3n) is 3.04. The number of halogens is 1. The van der Waals surface area contributed by atoms with Gasteiger partial charge in [-0.1, -0.05) is 28.1 Å². The van der Waals surface area contributed by atoms with E-state index in [0.29, 0.717) is 17.9 Å². The second-order valence-electron chi connectivity index (χ2n) is 4.54. The Hall–Kier alpha value is -2.07. The molecule has 2 rings (SSSR count). The summed E-state index contributed by atoms with van der Waals surface area (Å²) in [7, 11) is 1.58. The lowest BCUT2D eigenvalue weighted by atomic mass is 10.1. The number of allylic oxidation sites excluding steroid dienone is 1. The van der Waals surface area contributed by atoms with Gasteiger partial charge in [-0.25, -0.2) is 0 Å². The van der Waals surface area contributed by atoms with Crippen LogP contribution < -0.4 is 9.47 Å². The number of ether oxygens (including phenoxy) is 2. The van der Waals surface area contributed by atoms with Gasteiger partial charge in [-0.2, -0.15) is 0 Å². The molecule has 0 aliphatic rings. The molecule has 4 heteroatoms. The van der Waals surface area contributed by atoms with Crippen LogP contribution in [0.25, 0.3) is 6.08 Å². The lowest BCUT2D eigenvalue weighted by Gasteiger charge is -2.07. The molecule has 0 fully saturated rings. The molecule has 0 aromatic heterocycles. The number of hydrogen-bond donors (Lipinski definition) is 0. The molecule has 3 nitrogen and oxygen atoms in total. The highest BCUT2D eigenvalue weighted by molar-refractivity contribution is 9.10. The lowest BCUT2D eigenvalue weighted by molar-refractivity contribution is 0.104. The maximum atomic E-state index is 12.2. The molecule has 0 atom stereocenters. The highest BCUT2D eigenvalue weighted by atomic mass is 79.9. The fraction of sp³-hybridized carbons (Fsp3) is 0.167. The Labute approximate surface area is 138 Å². The van der Waals surface area contributed by atoms with Gasteiger partial charge in [-0.15, -0.1) is 0 Å². The van der Waals surface area contributed by atoms with Crippen LogP contribution in [0.2, 0.25) is 0 Å². The van der Waals surface area contributed by atoms with Gasteiger partial charge in [-0.05, 0) is 49.4 Å². The normalized spacial score (nSPS) is 10.7. The first-order valence-corrected chi connectivity index (χ1v) is 7.72. The van der Waals surface area contributed by atoms with E-state index in [1.165, 1.54) is 0 Å². The number of carbonyl (C=O) groups excluding carboxylic acids is 1. The Kier molecular flexibility index (Phi) is 5.78. The number of methoxy groups -OCH3 is 1. The van der Waals surface area contributed by atoms with Crippen LogP contribution in [0.4, 0.5) is 0 Å². The van der Waals surface area contributed by atoms with Crippen molar-refractivity contribution in [1.29, 1.82) is 0 Å². The number of rotatable bonds is 6. The number of hydrogen-bond acceptors (Lipinski definition) is 3. The minimum absolute atomic E-state index is 0.0821. The highest BCUT2D eigenvalue weighted by Gasteiger charge is 2.05. The number of ketones is 1. The van der Waals surface area contributed by atoms with Crippen molar-refractivity contribution in [3.8, 4) is 11.5 Å². The van der Waals surface area contributed by atoms with Crippen LogP contribution in [-0.4, -0.2) is 19.5 Å². The minimum atomic E-state index is -0.0821. The van der Waals surface area contributed by atoms with E-state index in [1.54, 1.807) is 37.5 Å². The largest absolute Gasteiger partial charge is 0.497 e. The Bertz CT molecular complexity index is 692. The molecule has 0 saturated carbocycles. The molecule has 0 saturated heterocycles. The van der Waals surface area contributed by atoms with Crippen molar-refractivity contribution in [1.82, 2.24) is 0 Å². The van der Waals surface area contributed by atoms with E-state index in [2.05, 4.69) is 15.9 Å². The van der Waals surface area contributed by atoms with E-state index in [0.717, 1.165) is 15.8 Å². The topological polar surface area (TPSA) is 35.5 Å². The first-order valence-electron chi connectivity index (χ1n) is 6.93. The van der Waals surface area contributed by atoms with Gasteiger partial charge in [0.2, 0.25) is 0 Å². The summed E-state index contributed by atoms with van der Waals surface area (Å²) in [6.07, 6.45) is 3.30. The smallest absolute Gasteiger partial charge is 0.185 e. The van der Waals surface area contributed by atoms with Crippen LogP contribution in [0.15, 0.2) is 53.0 Å². The van der Waals surface area contributed by atoms with E-state index < -0.39 is 0 Å². The average molecular weight is 361 g/mol. The quantitative estimate of drug-likeness (QED) is 0.550. The molecule has 0 N–H and O–H groups in total. The molecule has 0 radical (unpaired) electrons. The van der Waals surface area contributed by atoms with Crippen molar-refractivity contribution >= 4 is 27.8 Å². The summed E-state index contributed by atoms with van der Waals surface area (Å²) in [4.78, 5) is 12.2. The molecule has 0 bridgehead atoms. The molecular weight excluding hydrogens is 344 g/mol. The van der Waals surface area contributed by atoms with E-state index in [-0.39, 0.29) is 5.78 Å². The number of benzene rings is 2. The predicted molar refractivity (Wildman–Crippen MR) is 91.7 cm³/mol. The SMILES string of the molecule is CCOc1ccc(Br)cc1/C=C/C(=O)c1cccc(OC)c1. The van der Waals surface area contributed by atoms with Crippen molar-refractivity contribution in [2.45, 2.75) is 6.92 Å². The zero-order valence-electron chi connectivity index (χ0n) is 12.5. The second-order valence-corrected chi connectivity index (χ2v) is 5.46. The molecule has 0 aliphatic heterocycles. The van der Waals surface area contributed by atoms with Crippen molar-refractivity contribution < 1.29 is 14.3 Å². The van der Waals surface area contributed by atoms with E-state index >= 15 is 0 Å². The Morgan fingerprint density at radius 3 is 2.77 bits per heavy atom. The summed E-state index contributed by atoms with van der Waals surface area (Å²) in [5.41, 5.74) is 1.44. The van der Waals surface area contributed by atoms with Crippen LogP contribution in [0.1, 0.15) is 22.8 Å². The fourth-order valence-electron chi connectivity index (χ4n) is 1.97. The molecule has 2 aromatic rings. The van der Waals surface area contributed by atoms with Crippen LogP contribution >= 0.6 is 15.9 Å². The van der Waals surface area contributed by atoms with Gasteiger partial charge in [0, 0.05) is 15.6 Å². The zero-order valence-corrected chi connectivity index (χ0v) is 14.1. The van der Waals surface area contributed by atoms with Crippen LogP contribution in [0, 0.1) is 0 Å². The van der Waals surface area contributed by atoms with Gasteiger partial charge in [0.05, 0.1) is 13.7 Å². The third kappa shape index (κ3) is 4.21. The Balaban J connectivity index is 2.23. The second kappa shape index (κ2) is 7.80. The number of carbonyl (C=O) groups is 1. The maximum Gasteiger partial charge on any atom is 0.185 e. The van der Waals surface area contributed by atoms with Crippen molar-refractivity contribution in [2.75, 3.05) is 13.7 Å². The Morgan fingerprint density at radius 1 is 1.23 bits per heavy atom. The van der Waals surface area contributed by atoms with E-state index in [9.17, 15) is 4.79 Å². The van der Waals surface area contributed by atoms with Crippen molar-refractivity contribution in [3.05, 3.63) is 64.1 Å². The van der Waals surface area contributed by atoms with Gasteiger partial charge >= 0.3 is 0 Å². The van der Waals surface area contributed by atoms with Gasteiger partial charge in [-0.3, -0.25) is 4.79 Å². The highest BCUT2D eigenvalue weighted by Crippen LogP contribution is 2.25. The summed E-state index contributed by atoms with van der Waals surface area (Å²) < 4.78 is 11.6. The summed E-state index contributed by atoms with van der Waals surface area (Å²) in [5, 5.41) is 0. The third-order valence-corrected chi connectivity index (χ3v) is 3.53. The van der Waals surface area contributed by atoms with Gasteiger partial charge in [0.15, 0.2) is 5.78 Å². The maximum absolute atomic E-state index is 12.2. The van der Waals surface area contributed by atoms with E-state index in [1.807, 2.05) is 31.2 Å². The molecule has 0 unspecified atom stereocenters. The first-order chi connectivity index (χ1) is 10.6. The van der Waals surface area contributed by atoms with Crippen molar-refractivity contribution in [2.24, 2.45) is 0 Å². The summed E-state index contributed by atoms with van der Waals surface area (Å²) >= 11 is 3.43. The average Bonchev–Trinajstić information content (AvgIpc) is 2.55. The molecular formula is C18H17BrO3. The van der Waals surface area contributed by atoms with Crippen LogP contribution in [-0.2, 0) is 0 Å². The van der Waals surface area contributed by atoms with Gasteiger partial charge in [0.1, 0.15) is 11.5 Å². The monoisotopic (exact) mass is 360 g/mol. The molecule has 2 aromatic carbocycles. The Morgan fingerprint density at radius 2 is 2.05 bits per heavy atom. The summed E-state index contributed by atoms with van der Waals surface area (Å²) in [6.45, 7) is 2.50. The molecule has 0 heterocycles. The minimum Gasteiger partial charge on any atom is -0.497 e. The van der Waals surface area contributed by atoms with Gasteiger partial charge < -0.3 is 9.47 Å². The fourth-order valence-corrected chi connectivity index (χ4v) is 2.35. The molecule has 114 valence electrons. The molecule has 0 amide bonds. The summed E-state index contributed by atoms with van der Waals surface area (Å²) in [5.74, 6) is 1.33. The summed E-state index contributed by atoms with van der Waals surface area (Å²) in [6, 6.07) is 12.8. The molecule has 22 heavy (non-hydrogen) atoms. The van der Waals surface area contributed by atoms with Gasteiger partial charge in [0.25, 0.3) is 0 Å². The molecule has 0 aliphatic carbocycles.